The molecule has 0 radical (unpaired) electrons. The largest absolute Gasteiger partial charge is 0.461 e. The molecule has 4 rings (SSSR count). The van der Waals surface area contributed by atoms with Crippen LogP contribution >= 0.6 is 69.6 Å². The van der Waals surface area contributed by atoms with Crippen LogP contribution in [-0.2, 0) is 19.1 Å². The molecular weight excluding hydrogens is 749 g/mol. The molecule has 262 valence electrons. The number of halogens is 6. The Morgan fingerprint density at radius 2 is 0.938 bits per heavy atom. The van der Waals surface area contributed by atoms with Gasteiger partial charge in [0.1, 0.15) is 11.1 Å². The highest BCUT2D eigenvalue weighted by Gasteiger charge is 2.42. The average Bonchev–Trinajstić information content (AvgIpc) is 2.98. The van der Waals surface area contributed by atoms with E-state index in [0.29, 0.717) is 23.7 Å². The van der Waals surface area contributed by atoms with Gasteiger partial charge in [-0.05, 0) is 48.6 Å². The summed E-state index contributed by atoms with van der Waals surface area (Å²) in [4.78, 5) is 52.8. The van der Waals surface area contributed by atoms with Gasteiger partial charge in [-0.2, -0.15) is 0 Å². The van der Waals surface area contributed by atoms with Gasteiger partial charge in [-0.3, -0.25) is 0 Å². The lowest BCUT2D eigenvalue weighted by atomic mass is 9.62. The summed E-state index contributed by atoms with van der Waals surface area (Å²) in [6.07, 6.45) is 4.17. The van der Waals surface area contributed by atoms with Gasteiger partial charge in [-0.1, -0.05) is 124 Å². The van der Waals surface area contributed by atoms with Crippen LogP contribution in [0.4, 0.5) is 0 Å². The summed E-state index contributed by atoms with van der Waals surface area (Å²) in [6, 6.07) is 2.26. The number of carbonyl (C=O) groups is 4. The molecule has 2 fully saturated rings. The fourth-order valence-corrected chi connectivity index (χ4v) is 7.95. The highest BCUT2D eigenvalue weighted by Crippen LogP contribution is 2.48. The molecule has 4 atom stereocenters. The van der Waals surface area contributed by atoms with Crippen molar-refractivity contribution in [1.29, 1.82) is 0 Å². The number of benzene rings is 2. The topological polar surface area (TPSA) is 105 Å². The van der Waals surface area contributed by atoms with Crippen LogP contribution in [0.5, 0.6) is 11.5 Å². The number of rotatable bonds is 10. The minimum Gasteiger partial charge on any atom is -0.461 e. The molecule has 0 saturated heterocycles. The van der Waals surface area contributed by atoms with E-state index in [1.165, 1.54) is 0 Å². The molecule has 0 aliphatic heterocycles. The average molecular weight is 785 g/mol. The Kier molecular flexibility index (Phi) is 12.2. The van der Waals surface area contributed by atoms with Gasteiger partial charge in [0.15, 0.2) is 11.5 Å². The molecule has 0 aromatic heterocycles. The zero-order valence-corrected chi connectivity index (χ0v) is 31.8. The van der Waals surface area contributed by atoms with Gasteiger partial charge < -0.3 is 18.9 Å². The minimum absolute atomic E-state index is 0.0301. The van der Waals surface area contributed by atoms with Gasteiger partial charge >= 0.3 is 23.9 Å². The molecule has 48 heavy (non-hydrogen) atoms. The highest BCUT2D eigenvalue weighted by atomic mass is 35.5. The Bertz CT molecular complexity index is 1520. The molecule has 2 saturated carbocycles. The molecule has 0 heterocycles. The first kappa shape index (κ1) is 38.9. The number of hydrogen-bond acceptors (Lipinski definition) is 8. The summed E-state index contributed by atoms with van der Waals surface area (Å²) >= 11 is 37.7. The fourth-order valence-electron chi connectivity index (χ4n) is 6.51. The maximum atomic E-state index is 13.3. The van der Waals surface area contributed by atoms with E-state index in [2.05, 4.69) is 13.8 Å². The van der Waals surface area contributed by atoms with Crippen molar-refractivity contribution < 1.29 is 38.1 Å². The second-order valence-corrected chi connectivity index (χ2v) is 16.3. The van der Waals surface area contributed by atoms with Crippen molar-refractivity contribution >= 4 is 93.5 Å². The summed E-state index contributed by atoms with van der Waals surface area (Å²) < 4.78 is 21.6. The van der Waals surface area contributed by atoms with Crippen LogP contribution in [0.3, 0.4) is 0 Å². The molecular formula is C34H36Cl6O8. The number of carbonyl (C=O) groups excluding carboxylic acids is 4. The third kappa shape index (κ3) is 8.16. The highest BCUT2D eigenvalue weighted by molar-refractivity contribution is 6.47. The van der Waals surface area contributed by atoms with E-state index in [9.17, 15) is 19.2 Å². The summed E-state index contributed by atoms with van der Waals surface area (Å²) in [5.41, 5.74) is -1.64. The Hall–Kier alpha value is -1.94. The Morgan fingerprint density at radius 3 is 1.21 bits per heavy atom. The van der Waals surface area contributed by atoms with E-state index in [0.717, 1.165) is 37.8 Å². The van der Waals surface area contributed by atoms with Gasteiger partial charge in [-0.15, -0.1) is 0 Å². The summed E-state index contributed by atoms with van der Waals surface area (Å²) in [6.45, 7) is 12.3. The monoisotopic (exact) mass is 782 g/mol. The summed E-state index contributed by atoms with van der Waals surface area (Å²) in [5, 5.41) is -1.50. The van der Waals surface area contributed by atoms with Crippen LogP contribution in [0.25, 0.3) is 0 Å². The maximum Gasteiger partial charge on any atom is 0.423 e. The first-order valence-electron chi connectivity index (χ1n) is 15.4. The van der Waals surface area contributed by atoms with Crippen LogP contribution in [0, 0.1) is 34.5 Å². The van der Waals surface area contributed by atoms with E-state index in [1.807, 2.05) is 27.7 Å². The van der Waals surface area contributed by atoms with E-state index in [4.69, 9.17) is 88.6 Å². The first-order valence-corrected chi connectivity index (χ1v) is 17.7. The van der Waals surface area contributed by atoms with E-state index in [-0.39, 0.29) is 54.2 Å². The molecule has 2 aromatic carbocycles. The second kappa shape index (κ2) is 15.1. The van der Waals surface area contributed by atoms with Gasteiger partial charge in [-0.25, -0.2) is 19.2 Å². The second-order valence-electron chi connectivity index (χ2n) is 13.9. The van der Waals surface area contributed by atoms with Crippen LogP contribution in [-0.4, -0.2) is 37.1 Å². The quantitative estimate of drug-likeness (QED) is 0.101. The molecule has 0 amide bonds. The van der Waals surface area contributed by atoms with Crippen molar-refractivity contribution in [3.63, 3.8) is 0 Å². The molecule has 4 unspecified atom stereocenters. The molecule has 0 bridgehead atoms. The van der Waals surface area contributed by atoms with Crippen LogP contribution in [0.1, 0.15) is 87.9 Å². The van der Waals surface area contributed by atoms with Gasteiger partial charge in [0.05, 0.1) is 43.3 Å². The van der Waals surface area contributed by atoms with E-state index in [1.54, 1.807) is 0 Å². The molecule has 8 nitrogen and oxygen atoms in total. The third-order valence-corrected chi connectivity index (χ3v) is 11.8. The zero-order chi connectivity index (χ0) is 35.9. The predicted molar refractivity (Wildman–Crippen MR) is 186 cm³/mol. The van der Waals surface area contributed by atoms with Crippen LogP contribution < -0.4 is 9.47 Å². The summed E-state index contributed by atoms with van der Waals surface area (Å²) in [7, 11) is 0. The molecule has 2 aromatic rings. The van der Waals surface area contributed by atoms with Crippen molar-refractivity contribution in [2.24, 2.45) is 34.5 Å². The SMILES string of the molecule is CC1CCC1C(C)(C)COC(=O)c1c(Cl)c(Cl)cc(Cl)c1OC(=O)C(=O)Oc1c(Cl)cc(Cl)c(Cl)c1C(=O)OCC(C)(C)C1CCC1C. The third-order valence-electron chi connectivity index (χ3n) is 9.62. The Balaban J connectivity index is 1.55. The van der Waals surface area contributed by atoms with Crippen molar-refractivity contribution in [2.75, 3.05) is 13.2 Å². The van der Waals surface area contributed by atoms with Crippen molar-refractivity contribution in [1.82, 2.24) is 0 Å². The number of esters is 4. The number of hydrogen-bond donors (Lipinski definition) is 0. The molecule has 0 spiro atoms. The molecule has 2 aliphatic carbocycles. The molecule has 14 heteroatoms. The molecule has 0 N–H and O–H groups in total. The first-order chi connectivity index (χ1) is 22.3. The van der Waals surface area contributed by atoms with Gasteiger partial charge in [0, 0.05) is 10.8 Å². The number of ether oxygens (including phenoxy) is 4. The normalized spacial score (nSPS) is 20.7. The summed E-state index contributed by atoms with van der Waals surface area (Å²) in [5.74, 6) is -4.79. The van der Waals surface area contributed by atoms with E-state index >= 15 is 0 Å². The Labute approximate surface area is 309 Å². The standard InChI is InChI=1S/C34H36Cl6O8/c1-15-7-9-17(15)33(3,4)13-45-29(41)23-25(39)19(35)11-21(37)27(23)47-31(43)32(44)48-28-22(38)12-20(36)26(40)24(28)30(42)46-14-34(5,6)18-10-8-16(18)2/h11-12,15-18H,7-10,13-14H2,1-6H3. The van der Waals surface area contributed by atoms with Gasteiger partial charge in [0.25, 0.3) is 0 Å². The van der Waals surface area contributed by atoms with Crippen molar-refractivity contribution in [3.8, 4) is 11.5 Å². The van der Waals surface area contributed by atoms with Gasteiger partial charge in [0.2, 0.25) is 0 Å². The van der Waals surface area contributed by atoms with E-state index < -0.39 is 46.5 Å². The molecule has 2 aliphatic rings. The lowest BCUT2D eigenvalue weighted by Gasteiger charge is -2.45. The zero-order valence-electron chi connectivity index (χ0n) is 27.2. The lowest BCUT2D eigenvalue weighted by Crippen LogP contribution is -2.40. The maximum absolute atomic E-state index is 13.3. The van der Waals surface area contributed by atoms with Crippen LogP contribution in [0.15, 0.2) is 12.1 Å². The van der Waals surface area contributed by atoms with Crippen LogP contribution in [0.2, 0.25) is 30.1 Å². The fraction of sp³-hybridized carbons (Fsp3) is 0.529. The van der Waals surface area contributed by atoms with Crippen molar-refractivity contribution in [2.45, 2.75) is 67.2 Å². The lowest BCUT2D eigenvalue weighted by molar-refractivity contribution is -0.156. The predicted octanol–water partition coefficient (Wildman–Crippen LogP) is 10.6. The minimum atomic E-state index is -1.64. The smallest absolute Gasteiger partial charge is 0.423 e. The van der Waals surface area contributed by atoms with Crippen molar-refractivity contribution in [3.05, 3.63) is 53.4 Å². The Morgan fingerprint density at radius 1 is 0.604 bits per heavy atom.